The van der Waals surface area contributed by atoms with E-state index in [1.165, 1.54) is 36.8 Å². The van der Waals surface area contributed by atoms with Crippen LogP contribution in [0.3, 0.4) is 0 Å². The Labute approximate surface area is 164 Å². The van der Waals surface area contributed by atoms with E-state index < -0.39 is 0 Å². The molecule has 1 aliphatic carbocycles. The molecule has 2 aromatic carbocycles. The number of fused-ring (bicyclic) bond motifs is 2. The predicted molar refractivity (Wildman–Crippen MR) is 113 cm³/mol. The van der Waals surface area contributed by atoms with Gasteiger partial charge >= 0.3 is 0 Å². The Morgan fingerprint density at radius 3 is 2.59 bits per heavy atom. The van der Waals surface area contributed by atoms with E-state index in [0.717, 1.165) is 39.0 Å². The van der Waals surface area contributed by atoms with Gasteiger partial charge in [0.25, 0.3) is 0 Å². The molecule has 2 atom stereocenters. The average Bonchev–Trinajstić information content (AvgIpc) is 2.73. The second-order valence-electron chi connectivity index (χ2n) is 8.15. The number of nitrogens with zero attached hydrogens (tertiary/aromatic N) is 1. The lowest BCUT2D eigenvalue weighted by atomic mass is 9.86. The quantitative estimate of drug-likeness (QED) is 0.735. The molecular weight excluding hydrogens is 330 g/mol. The molecule has 3 nitrogen and oxygen atoms in total. The fraction of sp³-hybridized carbons (Fsp3) is 0.500. The molecular formula is C24H33N3. The summed E-state index contributed by atoms with van der Waals surface area (Å²) in [5.74, 6) is 0. The van der Waals surface area contributed by atoms with E-state index in [9.17, 15) is 0 Å². The van der Waals surface area contributed by atoms with Crippen LogP contribution in [-0.4, -0.2) is 30.6 Å². The van der Waals surface area contributed by atoms with Crippen LogP contribution in [-0.2, 0) is 19.4 Å². The Morgan fingerprint density at radius 1 is 0.963 bits per heavy atom. The molecule has 3 N–H and O–H groups in total. The lowest BCUT2D eigenvalue weighted by Crippen LogP contribution is -2.46. The second kappa shape index (κ2) is 9.01. The number of nitrogens with one attached hydrogen (secondary N) is 1. The van der Waals surface area contributed by atoms with Crippen molar-refractivity contribution in [1.29, 1.82) is 0 Å². The van der Waals surface area contributed by atoms with Crippen LogP contribution in [0, 0.1) is 0 Å². The van der Waals surface area contributed by atoms with Crippen molar-refractivity contribution in [1.82, 2.24) is 10.2 Å². The van der Waals surface area contributed by atoms with Crippen LogP contribution in [0.5, 0.6) is 0 Å². The van der Waals surface area contributed by atoms with Gasteiger partial charge in [-0.25, -0.2) is 0 Å². The monoisotopic (exact) mass is 363 g/mol. The topological polar surface area (TPSA) is 41.3 Å². The first-order valence-electron chi connectivity index (χ1n) is 10.7. The van der Waals surface area contributed by atoms with Gasteiger partial charge in [-0.3, -0.25) is 4.90 Å². The smallest absolute Gasteiger partial charge is 0.0351 e. The summed E-state index contributed by atoms with van der Waals surface area (Å²) in [5, 5.41) is 3.79. The molecule has 0 aromatic heterocycles. The minimum absolute atomic E-state index is 0.534. The fourth-order valence-corrected chi connectivity index (χ4v) is 4.87. The zero-order valence-corrected chi connectivity index (χ0v) is 16.4. The molecule has 0 fully saturated rings. The maximum atomic E-state index is 5.78. The molecule has 144 valence electrons. The predicted octanol–water partition coefficient (Wildman–Crippen LogP) is 3.82. The highest BCUT2D eigenvalue weighted by atomic mass is 15.2. The number of unbranched alkanes of at least 4 members (excludes halogenated alkanes) is 1. The number of nitrogens with two attached hydrogens (primary N) is 1. The van der Waals surface area contributed by atoms with E-state index in [2.05, 4.69) is 58.7 Å². The molecule has 0 spiro atoms. The molecule has 3 heteroatoms. The summed E-state index contributed by atoms with van der Waals surface area (Å²) in [4.78, 5) is 2.75. The van der Waals surface area contributed by atoms with Crippen molar-refractivity contribution >= 4 is 0 Å². The highest BCUT2D eigenvalue weighted by molar-refractivity contribution is 5.33. The van der Waals surface area contributed by atoms with Crippen LogP contribution in [0.1, 0.15) is 54.0 Å². The number of hydrogen-bond acceptors (Lipinski definition) is 3. The van der Waals surface area contributed by atoms with E-state index in [4.69, 9.17) is 5.73 Å². The molecule has 2 aliphatic rings. The van der Waals surface area contributed by atoms with Gasteiger partial charge in [0.15, 0.2) is 0 Å². The first-order valence-corrected chi connectivity index (χ1v) is 10.7. The van der Waals surface area contributed by atoms with E-state index in [0.29, 0.717) is 12.1 Å². The number of aryl methyl sites for hydroxylation is 1. The Bertz CT molecular complexity index is 742. The third-order valence-electron chi connectivity index (χ3n) is 6.30. The van der Waals surface area contributed by atoms with Crippen LogP contribution in [0.4, 0.5) is 0 Å². The maximum Gasteiger partial charge on any atom is 0.0351 e. The number of rotatable bonds is 7. The molecule has 2 aromatic rings. The van der Waals surface area contributed by atoms with Gasteiger partial charge < -0.3 is 11.1 Å². The minimum atomic E-state index is 0.534. The molecule has 1 heterocycles. The first kappa shape index (κ1) is 18.7. The van der Waals surface area contributed by atoms with Gasteiger partial charge in [-0.2, -0.15) is 0 Å². The first-order chi connectivity index (χ1) is 13.3. The van der Waals surface area contributed by atoms with Gasteiger partial charge in [-0.1, -0.05) is 48.5 Å². The summed E-state index contributed by atoms with van der Waals surface area (Å²) in [5.41, 5.74) is 11.9. The summed E-state index contributed by atoms with van der Waals surface area (Å²) in [6.45, 7) is 4.07. The summed E-state index contributed by atoms with van der Waals surface area (Å²) >= 11 is 0. The SMILES string of the molecule is NCCCCN(C[C@H]1Cc2ccccc2CN1)[C@H]1CCCc2ccccc21. The van der Waals surface area contributed by atoms with E-state index in [1.54, 1.807) is 11.1 Å². The summed E-state index contributed by atoms with van der Waals surface area (Å²) in [6.07, 6.45) is 7.26. The highest BCUT2D eigenvalue weighted by Gasteiger charge is 2.28. The molecule has 0 saturated carbocycles. The lowest BCUT2D eigenvalue weighted by Gasteiger charge is -2.39. The Balaban J connectivity index is 1.50. The van der Waals surface area contributed by atoms with Crippen LogP contribution >= 0.6 is 0 Å². The zero-order chi connectivity index (χ0) is 18.5. The fourth-order valence-electron chi connectivity index (χ4n) is 4.87. The van der Waals surface area contributed by atoms with Crippen molar-refractivity contribution < 1.29 is 0 Å². The Hall–Kier alpha value is -1.68. The van der Waals surface area contributed by atoms with Gasteiger partial charge in [-0.15, -0.1) is 0 Å². The average molecular weight is 364 g/mol. The third-order valence-corrected chi connectivity index (χ3v) is 6.30. The largest absolute Gasteiger partial charge is 0.330 e. The normalized spacial score (nSPS) is 21.7. The van der Waals surface area contributed by atoms with Crippen LogP contribution < -0.4 is 11.1 Å². The maximum absolute atomic E-state index is 5.78. The van der Waals surface area contributed by atoms with E-state index >= 15 is 0 Å². The standard InChI is InChI=1S/C24H33N3/c25-14-5-6-15-27(24-13-7-11-19-8-3-4-12-23(19)24)18-22-16-20-9-1-2-10-21(20)17-26-22/h1-4,8-10,12,22,24,26H,5-7,11,13-18,25H2/t22-,24+/m1/s1. The molecule has 0 saturated heterocycles. The number of benzene rings is 2. The van der Waals surface area contributed by atoms with Crippen molar-refractivity contribution in [3.8, 4) is 0 Å². The van der Waals surface area contributed by atoms with Crippen molar-refractivity contribution in [2.24, 2.45) is 5.73 Å². The Morgan fingerprint density at radius 2 is 1.74 bits per heavy atom. The minimum Gasteiger partial charge on any atom is -0.330 e. The summed E-state index contributed by atoms with van der Waals surface area (Å²) in [7, 11) is 0. The van der Waals surface area contributed by atoms with Crippen molar-refractivity contribution in [3.05, 3.63) is 70.8 Å². The molecule has 4 rings (SSSR count). The summed E-state index contributed by atoms with van der Waals surface area (Å²) < 4.78 is 0. The van der Waals surface area contributed by atoms with Gasteiger partial charge in [0.1, 0.15) is 0 Å². The molecule has 27 heavy (non-hydrogen) atoms. The van der Waals surface area contributed by atoms with Crippen LogP contribution in [0.2, 0.25) is 0 Å². The van der Waals surface area contributed by atoms with Crippen LogP contribution in [0.25, 0.3) is 0 Å². The van der Waals surface area contributed by atoms with E-state index in [-0.39, 0.29) is 0 Å². The lowest BCUT2D eigenvalue weighted by molar-refractivity contribution is 0.154. The van der Waals surface area contributed by atoms with Gasteiger partial charge in [0.05, 0.1) is 0 Å². The van der Waals surface area contributed by atoms with Crippen molar-refractivity contribution in [3.63, 3.8) is 0 Å². The Kier molecular flexibility index (Phi) is 6.23. The van der Waals surface area contributed by atoms with Crippen molar-refractivity contribution in [2.75, 3.05) is 19.6 Å². The zero-order valence-electron chi connectivity index (χ0n) is 16.4. The van der Waals surface area contributed by atoms with Gasteiger partial charge in [0.2, 0.25) is 0 Å². The van der Waals surface area contributed by atoms with Gasteiger partial charge in [-0.05, 0) is 73.9 Å². The van der Waals surface area contributed by atoms with Crippen LogP contribution in [0.15, 0.2) is 48.5 Å². The molecule has 0 bridgehead atoms. The number of hydrogen-bond donors (Lipinski definition) is 2. The van der Waals surface area contributed by atoms with E-state index in [1.807, 2.05) is 0 Å². The highest BCUT2D eigenvalue weighted by Crippen LogP contribution is 2.34. The third kappa shape index (κ3) is 4.43. The summed E-state index contributed by atoms with van der Waals surface area (Å²) in [6, 6.07) is 19.1. The van der Waals surface area contributed by atoms with Gasteiger partial charge in [0, 0.05) is 25.2 Å². The molecule has 0 unspecified atom stereocenters. The second-order valence-corrected chi connectivity index (χ2v) is 8.15. The molecule has 0 amide bonds. The molecule has 1 aliphatic heterocycles. The van der Waals surface area contributed by atoms with Crippen molar-refractivity contribution in [2.45, 2.75) is 57.2 Å². The molecule has 0 radical (unpaired) electrons.